The maximum absolute atomic E-state index is 11.4. The second-order valence-electron chi connectivity index (χ2n) is 3.46. The van der Waals surface area contributed by atoms with Crippen molar-refractivity contribution in [1.29, 1.82) is 0 Å². The van der Waals surface area contributed by atoms with E-state index < -0.39 is 0 Å². The molecule has 2 aromatic rings. The molecule has 3 heteroatoms. The first-order chi connectivity index (χ1) is 7.72. The van der Waals surface area contributed by atoms with Crippen molar-refractivity contribution in [2.24, 2.45) is 0 Å². The number of thiophene rings is 1. The molecule has 1 heterocycles. The van der Waals surface area contributed by atoms with Crippen LogP contribution >= 0.6 is 11.3 Å². The Morgan fingerprint density at radius 3 is 2.75 bits per heavy atom. The van der Waals surface area contributed by atoms with Crippen molar-refractivity contribution in [3.05, 3.63) is 46.2 Å². The molecule has 0 fully saturated rings. The normalized spacial score (nSPS) is 10.1. The zero-order chi connectivity index (χ0) is 11.5. The van der Waals surface area contributed by atoms with Gasteiger partial charge in [0, 0.05) is 4.88 Å². The van der Waals surface area contributed by atoms with Crippen LogP contribution < -0.4 is 0 Å². The Bertz CT molecular complexity index is 514. The smallest absolute Gasteiger partial charge is 0.337 e. The average Bonchev–Trinajstić information content (AvgIpc) is 2.74. The van der Waals surface area contributed by atoms with Crippen LogP contribution in [0.2, 0.25) is 0 Å². The second kappa shape index (κ2) is 4.49. The lowest BCUT2D eigenvalue weighted by Gasteiger charge is -2.03. The van der Waals surface area contributed by atoms with E-state index in [9.17, 15) is 4.79 Å². The Kier molecular flexibility index (Phi) is 3.06. The van der Waals surface area contributed by atoms with Gasteiger partial charge in [0.05, 0.1) is 12.7 Å². The van der Waals surface area contributed by atoms with Crippen molar-refractivity contribution in [2.75, 3.05) is 7.11 Å². The van der Waals surface area contributed by atoms with Crippen LogP contribution in [0.15, 0.2) is 35.7 Å². The monoisotopic (exact) mass is 232 g/mol. The van der Waals surface area contributed by atoms with Crippen molar-refractivity contribution in [3.63, 3.8) is 0 Å². The highest BCUT2D eigenvalue weighted by Crippen LogP contribution is 2.27. The minimum Gasteiger partial charge on any atom is -0.465 e. The second-order valence-corrected chi connectivity index (χ2v) is 4.58. The molecule has 0 saturated heterocycles. The molecule has 0 bridgehead atoms. The fraction of sp³-hybridized carbons (Fsp3) is 0.154. The van der Waals surface area contributed by atoms with Crippen LogP contribution in [0.4, 0.5) is 0 Å². The lowest BCUT2D eigenvalue weighted by molar-refractivity contribution is 0.0601. The van der Waals surface area contributed by atoms with Crippen LogP contribution in [0.25, 0.3) is 11.1 Å². The van der Waals surface area contributed by atoms with E-state index in [0.717, 1.165) is 5.56 Å². The van der Waals surface area contributed by atoms with Gasteiger partial charge in [-0.2, -0.15) is 0 Å². The number of benzene rings is 1. The molecule has 2 nitrogen and oxygen atoms in total. The molecule has 0 saturated carbocycles. The van der Waals surface area contributed by atoms with E-state index in [1.165, 1.54) is 17.6 Å². The van der Waals surface area contributed by atoms with E-state index in [2.05, 4.69) is 18.4 Å². The van der Waals surface area contributed by atoms with Gasteiger partial charge in [-0.3, -0.25) is 0 Å². The molecule has 0 spiro atoms. The third-order valence-corrected chi connectivity index (χ3v) is 3.30. The number of hydrogen-bond acceptors (Lipinski definition) is 3. The van der Waals surface area contributed by atoms with Crippen LogP contribution in [0, 0.1) is 6.92 Å². The zero-order valence-electron chi connectivity index (χ0n) is 9.19. The van der Waals surface area contributed by atoms with Crippen molar-refractivity contribution in [2.45, 2.75) is 6.92 Å². The number of ether oxygens (including phenoxy) is 1. The van der Waals surface area contributed by atoms with Gasteiger partial charge in [0.1, 0.15) is 0 Å². The summed E-state index contributed by atoms with van der Waals surface area (Å²) in [7, 11) is 1.39. The number of carbonyl (C=O) groups excluding carboxylic acids is 1. The number of rotatable bonds is 2. The topological polar surface area (TPSA) is 26.3 Å². The summed E-state index contributed by atoms with van der Waals surface area (Å²) in [5, 5.41) is 2.05. The van der Waals surface area contributed by atoms with Gasteiger partial charge in [-0.05, 0) is 41.6 Å². The number of esters is 1. The summed E-state index contributed by atoms with van der Waals surface area (Å²) in [6.45, 7) is 2.07. The molecule has 0 N–H and O–H groups in total. The molecule has 0 radical (unpaired) electrons. The highest BCUT2D eigenvalue weighted by Gasteiger charge is 2.08. The van der Waals surface area contributed by atoms with Crippen molar-refractivity contribution >= 4 is 17.3 Å². The van der Waals surface area contributed by atoms with Gasteiger partial charge in [0.2, 0.25) is 0 Å². The van der Waals surface area contributed by atoms with Gasteiger partial charge >= 0.3 is 5.97 Å². The van der Waals surface area contributed by atoms with Gasteiger partial charge in [-0.15, -0.1) is 11.3 Å². The van der Waals surface area contributed by atoms with Crippen LogP contribution in [0.5, 0.6) is 0 Å². The average molecular weight is 232 g/mol. The highest BCUT2D eigenvalue weighted by atomic mass is 32.1. The summed E-state index contributed by atoms with van der Waals surface area (Å²) in [6.07, 6.45) is 0. The van der Waals surface area contributed by atoms with E-state index in [4.69, 9.17) is 4.74 Å². The molecule has 0 aliphatic rings. The lowest BCUT2D eigenvalue weighted by Crippen LogP contribution is -2.00. The molecule has 0 atom stereocenters. The Hall–Kier alpha value is -1.61. The summed E-state index contributed by atoms with van der Waals surface area (Å²) in [5.74, 6) is -0.297. The number of carbonyl (C=O) groups is 1. The summed E-state index contributed by atoms with van der Waals surface area (Å²) >= 11 is 1.70. The zero-order valence-corrected chi connectivity index (χ0v) is 10.0. The first kappa shape index (κ1) is 10.9. The lowest BCUT2D eigenvalue weighted by atomic mass is 10.0. The molecular weight excluding hydrogens is 220 g/mol. The summed E-state index contributed by atoms with van der Waals surface area (Å²) in [4.78, 5) is 12.7. The van der Waals surface area contributed by atoms with Crippen molar-refractivity contribution in [3.8, 4) is 11.1 Å². The van der Waals surface area contributed by atoms with Gasteiger partial charge in [-0.25, -0.2) is 4.79 Å². The van der Waals surface area contributed by atoms with Crippen LogP contribution in [-0.2, 0) is 4.74 Å². The van der Waals surface area contributed by atoms with E-state index in [-0.39, 0.29) is 5.97 Å². The Morgan fingerprint density at radius 2 is 2.12 bits per heavy atom. The van der Waals surface area contributed by atoms with E-state index in [1.807, 2.05) is 18.2 Å². The third kappa shape index (κ3) is 1.99. The number of methoxy groups -OCH3 is 1. The largest absolute Gasteiger partial charge is 0.465 e. The molecule has 0 unspecified atom stereocenters. The SMILES string of the molecule is COC(=O)c1cccc(-c2ccsc2C)c1. The predicted octanol–water partition coefficient (Wildman–Crippen LogP) is 3.51. The molecular formula is C13H12O2S. The summed E-state index contributed by atoms with van der Waals surface area (Å²) in [5.41, 5.74) is 2.82. The standard InChI is InChI=1S/C13H12O2S/c1-9-12(6-7-16-9)10-4-3-5-11(8-10)13(14)15-2/h3-8H,1-2H3. The van der Waals surface area contributed by atoms with Crippen molar-refractivity contribution in [1.82, 2.24) is 0 Å². The third-order valence-electron chi connectivity index (χ3n) is 2.45. The van der Waals surface area contributed by atoms with Gasteiger partial charge in [-0.1, -0.05) is 12.1 Å². The molecule has 0 amide bonds. The van der Waals surface area contributed by atoms with Gasteiger partial charge in [0.25, 0.3) is 0 Å². The highest BCUT2D eigenvalue weighted by molar-refractivity contribution is 7.10. The first-order valence-electron chi connectivity index (χ1n) is 4.95. The molecule has 16 heavy (non-hydrogen) atoms. The molecule has 1 aromatic carbocycles. The van der Waals surface area contributed by atoms with E-state index in [0.29, 0.717) is 5.56 Å². The van der Waals surface area contributed by atoms with Crippen LogP contribution in [0.1, 0.15) is 15.2 Å². The fourth-order valence-corrected chi connectivity index (χ4v) is 2.34. The van der Waals surface area contributed by atoms with Crippen LogP contribution in [-0.4, -0.2) is 13.1 Å². The minimum absolute atomic E-state index is 0.297. The molecule has 2 rings (SSSR count). The molecule has 1 aromatic heterocycles. The van der Waals surface area contributed by atoms with Gasteiger partial charge in [0.15, 0.2) is 0 Å². The Balaban J connectivity index is 2.44. The van der Waals surface area contributed by atoms with Gasteiger partial charge < -0.3 is 4.74 Å². The summed E-state index contributed by atoms with van der Waals surface area (Å²) in [6, 6.07) is 9.56. The predicted molar refractivity (Wildman–Crippen MR) is 65.8 cm³/mol. The Labute approximate surface area is 98.5 Å². The molecule has 82 valence electrons. The maximum atomic E-state index is 11.4. The Morgan fingerprint density at radius 1 is 1.31 bits per heavy atom. The number of aryl methyl sites for hydroxylation is 1. The molecule has 0 aliphatic carbocycles. The molecule has 0 aliphatic heterocycles. The quantitative estimate of drug-likeness (QED) is 0.741. The summed E-state index contributed by atoms with van der Waals surface area (Å²) < 4.78 is 4.70. The van der Waals surface area contributed by atoms with E-state index in [1.54, 1.807) is 17.4 Å². The fourth-order valence-electron chi connectivity index (χ4n) is 1.62. The van der Waals surface area contributed by atoms with Crippen LogP contribution in [0.3, 0.4) is 0 Å². The first-order valence-corrected chi connectivity index (χ1v) is 5.83. The number of hydrogen-bond donors (Lipinski definition) is 0. The van der Waals surface area contributed by atoms with Crippen molar-refractivity contribution < 1.29 is 9.53 Å². The maximum Gasteiger partial charge on any atom is 0.337 e. The van der Waals surface area contributed by atoms with E-state index >= 15 is 0 Å². The minimum atomic E-state index is -0.297.